The summed E-state index contributed by atoms with van der Waals surface area (Å²) in [6.07, 6.45) is 2.10. The van der Waals surface area contributed by atoms with Crippen LogP contribution in [0.5, 0.6) is 0 Å². The summed E-state index contributed by atoms with van der Waals surface area (Å²) in [6.45, 7) is 4.40. The first kappa shape index (κ1) is 16.1. The maximum absolute atomic E-state index is 6.37. The molecule has 0 bridgehead atoms. The first-order valence-corrected chi connectivity index (χ1v) is 10.8. The van der Waals surface area contributed by atoms with Crippen molar-refractivity contribution in [3.63, 3.8) is 0 Å². The van der Waals surface area contributed by atoms with E-state index in [2.05, 4.69) is 74.5 Å². The molecule has 28 heavy (non-hydrogen) atoms. The summed E-state index contributed by atoms with van der Waals surface area (Å²) in [5, 5.41) is 7.62. The Morgan fingerprint density at radius 1 is 0.643 bits per heavy atom. The highest BCUT2D eigenvalue weighted by Gasteiger charge is 2.14. The van der Waals surface area contributed by atoms with Gasteiger partial charge in [0, 0.05) is 41.7 Å². The molecule has 2 heterocycles. The molecule has 0 aliphatic heterocycles. The van der Waals surface area contributed by atoms with Gasteiger partial charge in [0.25, 0.3) is 0 Å². The van der Waals surface area contributed by atoms with Crippen LogP contribution in [0, 0.1) is 0 Å². The second kappa shape index (κ2) is 5.83. The van der Waals surface area contributed by atoms with Crippen molar-refractivity contribution in [3.8, 4) is 0 Å². The van der Waals surface area contributed by atoms with Crippen LogP contribution in [-0.4, -0.2) is 0 Å². The summed E-state index contributed by atoms with van der Waals surface area (Å²) in [4.78, 5) is 0. The van der Waals surface area contributed by atoms with E-state index in [4.69, 9.17) is 4.42 Å². The monoisotopic (exact) mass is 380 g/mol. The van der Waals surface area contributed by atoms with Crippen molar-refractivity contribution in [3.05, 3.63) is 71.8 Å². The first-order chi connectivity index (χ1) is 13.8. The summed E-state index contributed by atoms with van der Waals surface area (Å²) in [6, 6.07) is 22.5. The number of hydrogen-bond donors (Lipinski definition) is 0. The highest BCUT2D eigenvalue weighted by molar-refractivity contribution is 7.26. The summed E-state index contributed by atoms with van der Waals surface area (Å²) in [5.74, 6) is 0. The number of fused-ring (bicyclic) bond motifs is 9. The zero-order chi connectivity index (χ0) is 18.8. The van der Waals surface area contributed by atoms with E-state index in [1.54, 1.807) is 0 Å². The summed E-state index contributed by atoms with van der Waals surface area (Å²) < 4.78 is 9.11. The number of aryl methyl sites for hydroxylation is 2. The fourth-order valence-electron chi connectivity index (χ4n) is 4.40. The van der Waals surface area contributed by atoms with Gasteiger partial charge < -0.3 is 4.42 Å². The SMILES string of the molecule is CCc1ccc2c(c1)oc1c2ccc2c1ccc1c3ccc(CC)cc3sc12. The maximum atomic E-state index is 6.37. The molecule has 0 aliphatic rings. The quantitative estimate of drug-likeness (QED) is 0.295. The van der Waals surface area contributed by atoms with E-state index in [1.807, 2.05) is 11.3 Å². The van der Waals surface area contributed by atoms with Crippen LogP contribution in [0.4, 0.5) is 0 Å². The Kier molecular flexibility index (Phi) is 3.36. The second-order valence-corrected chi connectivity index (χ2v) is 8.60. The van der Waals surface area contributed by atoms with Crippen LogP contribution >= 0.6 is 11.3 Å². The third-order valence-electron chi connectivity index (χ3n) is 6.01. The minimum Gasteiger partial charge on any atom is -0.455 e. The molecule has 4 aromatic carbocycles. The van der Waals surface area contributed by atoms with E-state index in [9.17, 15) is 0 Å². The summed E-state index contributed by atoms with van der Waals surface area (Å²) >= 11 is 1.90. The molecule has 0 saturated heterocycles. The summed E-state index contributed by atoms with van der Waals surface area (Å²) in [5.41, 5.74) is 4.71. The van der Waals surface area contributed by atoms with Gasteiger partial charge in [-0.05, 0) is 48.2 Å². The number of hydrogen-bond acceptors (Lipinski definition) is 2. The Hall–Kier alpha value is -2.84. The molecule has 6 aromatic rings. The third kappa shape index (κ3) is 2.12. The molecular formula is C26H20OS. The van der Waals surface area contributed by atoms with E-state index in [0.717, 1.165) is 24.0 Å². The first-order valence-electron chi connectivity index (χ1n) is 9.99. The number of rotatable bonds is 2. The molecule has 0 unspecified atom stereocenters. The lowest BCUT2D eigenvalue weighted by Crippen LogP contribution is -1.77. The van der Waals surface area contributed by atoms with Crippen LogP contribution in [0.25, 0.3) is 52.9 Å². The van der Waals surface area contributed by atoms with Gasteiger partial charge in [-0.2, -0.15) is 0 Å². The highest BCUT2D eigenvalue weighted by atomic mass is 32.1. The molecular weight excluding hydrogens is 360 g/mol. The Labute approximate surface area is 167 Å². The normalized spacial score (nSPS) is 12.2. The van der Waals surface area contributed by atoms with Crippen LogP contribution in [0.15, 0.2) is 65.1 Å². The average Bonchev–Trinajstić information content (AvgIpc) is 3.30. The fraction of sp³-hybridized carbons (Fsp3) is 0.154. The van der Waals surface area contributed by atoms with Crippen molar-refractivity contribution in [2.45, 2.75) is 26.7 Å². The molecule has 6 rings (SSSR count). The van der Waals surface area contributed by atoms with Gasteiger partial charge in [-0.25, -0.2) is 0 Å². The van der Waals surface area contributed by atoms with E-state index < -0.39 is 0 Å². The van der Waals surface area contributed by atoms with Crippen molar-refractivity contribution < 1.29 is 4.42 Å². The molecule has 0 amide bonds. The van der Waals surface area contributed by atoms with E-state index in [0.29, 0.717) is 0 Å². The van der Waals surface area contributed by atoms with Gasteiger partial charge in [-0.15, -0.1) is 11.3 Å². The standard InChI is InChI=1S/C26H20OS/c1-3-15-5-7-17-19-9-12-22-20(25(19)27-23(17)13-15)10-11-21-18-8-6-16(4-2)14-24(18)28-26(21)22/h5-14H,3-4H2,1-2H3. The summed E-state index contributed by atoms with van der Waals surface area (Å²) in [7, 11) is 0. The third-order valence-corrected chi connectivity index (χ3v) is 7.22. The molecule has 0 saturated carbocycles. The van der Waals surface area contributed by atoms with Gasteiger partial charge in [0.15, 0.2) is 0 Å². The predicted molar refractivity (Wildman–Crippen MR) is 123 cm³/mol. The van der Waals surface area contributed by atoms with E-state index in [-0.39, 0.29) is 0 Å². The Morgan fingerprint density at radius 3 is 1.96 bits per heavy atom. The largest absolute Gasteiger partial charge is 0.455 e. The number of benzene rings is 4. The Balaban J connectivity index is 1.72. The molecule has 0 N–H and O–H groups in total. The van der Waals surface area contributed by atoms with Crippen molar-refractivity contribution in [1.29, 1.82) is 0 Å². The van der Waals surface area contributed by atoms with Crippen LogP contribution in [-0.2, 0) is 12.8 Å². The van der Waals surface area contributed by atoms with E-state index in [1.165, 1.54) is 52.8 Å². The number of furan rings is 1. The molecule has 1 nitrogen and oxygen atoms in total. The topological polar surface area (TPSA) is 13.1 Å². The maximum Gasteiger partial charge on any atom is 0.143 e. The van der Waals surface area contributed by atoms with Crippen molar-refractivity contribution in [1.82, 2.24) is 0 Å². The molecule has 2 aromatic heterocycles. The number of thiophene rings is 1. The van der Waals surface area contributed by atoms with Crippen LogP contribution < -0.4 is 0 Å². The Bertz CT molecular complexity index is 1410. The van der Waals surface area contributed by atoms with Crippen LogP contribution in [0.2, 0.25) is 0 Å². The lowest BCUT2D eigenvalue weighted by molar-refractivity contribution is 0.672. The minimum absolute atomic E-state index is 0.992. The van der Waals surface area contributed by atoms with Crippen LogP contribution in [0.1, 0.15) is 25.0 Å². The molecule has 2 heteroatoms. The predicted octanol–water partition coefficient (Wildman–Crippen LogP) is 8.23. The zero-order valence-corrected chi connectivity index (χ0v) is 16.8. The fourth-order valence-corrected chi connectivity index (χ4v) is 5.70. The van der Waals surface area contributed by atoms with Crippen molar-refractivity contribution in [2.75, 3.05) is 0 Å². The van der Waals surface area contributed by atoms with Gasteiger partial charge in [0.2, 0.25) is 0 Å². The molecule has 136 valence electrons. The van der Waals surface area contributed by atoms with Gasteiger partial charge in [0.1, 0.15) is 11.2 Å². The molecule has 0 atom stereocenters. The van der Waals surface area contributed by atoms with E-state index >= 15 is 0 Å². The van der Waals surface area contributed by atoms with Gasteiger partial charge in [-0.1, -0.05) is 50.2 Å². The van der Waals surface area contributed by atoms with Crippen molar-refractivity contribution >= 4 is 64.2 Å². The van der Waals surface area contributed by atoms with Crippen molar-refractivity contribution in [2.24, 2.45) is 0 Å². The zero-order valence-electron chi connectivity index (χ0n) is 16.0. The van der Waals surface area contributed by atoms with Crippen LogP contribution in [0.3, 0.4) is 0 Å². The molecule has 0 fully saturated rings. The smallest absolute Gasteiger partial charge is 0.143 e. The molecule has 0 aliphatic carbocycles. The Morgan fingerprint density at radius 2 is 1.21 bits per heavy atom. The second-order valence-electron chi connectivity index (χ2n) is 7.55. The lowest BCUT2D eigenvalue weighted by Gasteiger charge is -2.01. The van der Waals surface area contributed by atoms with Gasteiger partial charge in [-0.3, -0.25) is 0 Å². The lowest BCUT2D eigenvalue weighted by atomic mass is 10.0. The van der Waals surface area contributed by atoms with Gasteiger partial charge >= 0.3 is 0 Å². The minimum atomic E-state index is 0.992. The average molecular weight is 381 g/mol. The molecule has 0 spiro atoms. The van der Waals surface area contributed by atoms with Gasteiger partial charge in [0.05, 0.1) is 0 Å². The molecule has 0 radical (unpaired) electrons. The highest BCUT2D eigenvalue weighted by Crippen LogP contribution is 2.42.